The van der Waals surface area contributed by atoms with Gasteiger partial charge < -0.3 is 9.84 Å². The number of rotatable bonds is 3. The Hall–Kier alpha value is -6.38. The monoisotopic (exact) mass is 626 g/mol. The van der Waals surface area contributed by atoms with Crippen LogP contribution in [0.25, 0.3) is 65.3 Å². The molecule has 0 amide bonds. The van der Waals surface area contributed by atoms with Gasteiger partial charge in [0.15, 0.2) is 0 Å². The van der Waals surface area contributed by atoms with Crippen LogP contribution in [0.4, 0.5) is 0 Å². The van der Waals surface area contributed by atoms with Crippen LogP contribution in [0.2, 0.25) is 0 Å². The van der Waals surface area contributed by atoms with Gasteiger partial charge in [0.1, 0.15) is 17.2 Å². The summed E-state index contributed by atoms with van der Waals surface area (Å²) in [5.41, 5.74) is 8.19. The molecule has 0 spiro atoms. The van der Waals surface area contributed by atoms with Gasteiger partial charge in [0.25, 0.3) is 0 Å². The molecule has 0 unspecified atom stereocenters. The molecule has 0 atom stereocenters. The molecule has 9 aromatic rings. The van der Waals surface area contributed by atoms with Gasteiger partial charge in [-0.2, -0.15) is 0 Å². The van der Waals surface area contributed by atoms with E-state index in [1.165, 1.54) is 54.6 Å². The maximum atomic E-state index is 9.71. The predicted octanol–water partition coefficient (Wildman–Crippen LogP) is 12.6. The average molecular weight is 627 g/mol. The van der Waals surface area contributed by atoms with Crippen molar-refractivity contribution in [3.63, 3.8) is 0 Å². The van der Waals surface area contributed by atoms with E-state index in [9.17, 15) is 5.11 Å². The molecule has 0 saturated carbocycles. The van der Waals surface area contributed by atoms with Crippen molar-refractivity contribution in [3.05, 3.63) is 187 Å². The Balaban J connectivity index is 1.21. The molecule has 0 bridgehead atoms. The molecule has 1 aliphatic heterocycles. The lowest BCUT2D eigenvalue weighted by Crippen LogP contribution is -2.14. The minimum absolute atomic E-state index is 0.0475. The predicted molar refractivity (Wildman–Crippen MR) is 203 cm³/mol. The van der Waals surface area contributed by atoms with Gasteiger partial charge in [-0.3, -0.25) is 0 Å². The Labute approximate surface area is 284 Å². The minimum atomic E-state index is -0.0475. The summed E-state index contributed by atoms with van der Waals surface area (Å²) in [4.78, 5) is 0. The molecule has 2 heteroatoms. The largest absolute Gasteiger partial charge is 0.508 e. The fraction of sp³-hybridized carbons (Fsp3) is 0.0213. The molecule has 230 valence electrons. The van der Waals surface area contributed by atoms with Crippen LogP contribution < -0.4 is 4.74 Å². The quantitative estimate of drug-likeness (QED) is 0.198. The molecule has 0 fully saturated rings. The molecular weight excluding hydrogens is 597 g/mol. The zero-order valence-electron chi connectivity index (χ0n) is 26.6. The highest BCUT2D eigenvalue weighted by Gasteiger charge is 2.35. The number of ether oxygens (including phenoxy) is 1. The van der Waals surface area contributed by atoms with Crippen molar-refractivity contribution < 1.29 is 9.84 Å². The van der Waals surface area contributed by atoms with Crippen LogP contribution >= 0.6 is 0 Å². The Kier molecular flexibility index (Phi) is 6.13. The van der Waals surface area contributed by atoms with Crippen molar-refractivity contribution in [2.45, 2.75) is 5.92 Å². The first kappa shape index (κ1) is 27.7. The second kappa shape index (κ2) is 10.8. The molecule has 0 aliphatic carbocycles. The molecule has 1 heterocycles. The summed E-state index contributed by atoms with van der Waals surface area (Å²) < 4.78 is 7.21. The van der Waals surface area contributed by atoms with E-state index >= 15 is 0 Å². The van der Waals surface area contributed by atoms with Crippen LogP contribution in [-0.4, -0.2) is 5.11 Å². The second-order valence-corrected chi connectivity index (χ2v) is 12.9. The molecule has 0 radical (unpaired) electrons. The molecular formula is C47H30O2. The summed E-state index contributed by atoms with van der Waals surface area (Å²) in [6, 6.07) is 60.0. The topological polar surface area (TPSA) is 29.5 Å². The van der Waals surface area contributed by atoms with E-state index in [0.29, 0.717) is 0 Å². The average Bonchev–Trinajstić information content (AvgIpc) is 3.18. The van der Waals surface area contributed by atoms with Gasteiger partial charge in [0, 0.05) is 27.8 Å². The molecule has 1 aliphatic rings. The summed E-state index contributed by atoms with van der Waals surface area (Å²) in [5.74, 6) is 2.12. The maximum Gasteiger partial charge on any atom is 0.140 e. The lowest BCUT2D eigenvalue weighted by atomic mass is 9.76. The highest BCUT2D eigenvalue weighted by atomic mass is 16.5. The van der Waals surface area contributed by atoms with Crippen LogP contribution in [0.5, 0.6) is 17.2 Å². The number of hydrogen-bond donors (Lipinski definition) is 1. The van der Waals surface area contributed by atoms with E-state index in [4.69, 9.17) is 4.74 Å². The van der Waals surface area contributed by atoms with Crippen molar-refractivity contribution in [2.75, 3.05) is 0 Å². The van der Waals surface area contributed by atoms with Crippen LogP contribution in [0.3, 0.4) is 0 Å². The molecule has 1 N–H and O–H groups in total. The standard InChI is InChI=1S/C47H30O2/c48-34-27-25-32(26-28-34)30-19-17-29(18-20-30)31-21-23-33(24-22-31)43-44-39-13-5-1-9-35(39)37-11-3-7-15-41(37)46(44)49-47-42-16-8-4-12-38(42)36-10-2-6-14-40(36)45(43)47/h1-28,43,48H. The zero-order valence-corrected chi connectivity index (χ0v) is 26.6. The van der Waals surface area contributed by atoms with E-state index in [1.54, 1.807) is 12.1 Å². The van der Waals surface area contributed by atoms with Gasteiger partial charge in [0.05, 0.1) is 0 Å². The fourth-order valence-electron chi connectivity index (χ4n) is 8.02. The fourth-order valence-corrected chi connectivity index (χ4v) is 8.02. The number of fused-ring (bicyclic) bond motifs is 12. The first-order valence-corrected chi connectivity index (χ1v) is 16.8. The summed E-state index contributed by atoms with van der Waals surface area (Å²) >= 11 is 0. The van der Waals surface area contributed by atoms with Gasteiger partial charge in [0.2, 0.25) is 0 Å². The van der Waals surface area contributed by atoms with Crippen molar-refractivity contribution in [1.29, 1.82) is 0 Å². The van der Waals surface area contributed by atoms with Gasteiger partial charge >= 0.3 is 0 Å². The van der Waals surface area contributed by atoms with Crippen molar-refractivity contribution >= 4 is 43.1 Å². The third-order valence-corrected chi connectivity index (χ3v) is 10.3. The van der Waals surface area contributed by atoms with Gasteiger partial charge in [-0.05, 0) is 72.3 Å². The molecule has 9 aromatic carbocycles. The van der Waals surface area contributed by atoms with E-state index in [0.717, 1.165) is 39.0 Å². The van der Waals surface area contributed by atoms with Gasteiger partial charge in [-0.1, -0.05) is 158 Å². The number of phenolic OH excluding ortho intramolecular Hbond substituents is 1. The smallest absolute Gasteiger partial charge is 0.140 e. The van der Waals surface area contributed by atoms with Crippen LogP contribution in [0.1, 0.15) is 22.6 Å². The highest BCUT2D eigenvalue weighted by molar-refractivity contribution is 6.17. The van der Waals surface area contributed by atoms with E-state index in [2.05, 4.69) is 146 Å². The third-order valence-electron chi connectivity index (χ3n) is 10.3. The van der Waals surface area contributed by atoms with E-state index < -0.39 is 0 Å². The SMILES string of the molecule is Oc1ccc(-c2ccc(-c3ccc(C4c5c(c6ccccc6c6ccccc56)Oc5c4c4ccccc4c4ccccc54)cc3)cc2)cc1. The zero-order chi connectivity index (χ0) is 32.5. The van der Waals surface area contributed by atoms with Crippen LogP contribution in [-0.2, 0) is 0 Å². The summed E-state index contributed by atoms with van der Waals surface area (Å²) in [7, 11) is 0. The Morgan fingerprint density at radius 3 is 1.04 bits per heavy atom. The van der Waals surface area contributed by atoms with E-state index in [-0.39, 0.29) is 11.7 Å². The van der Waals surface area contributed by atoms with E-state index in [1.807, 2.05) is 12.1 Å². The Morgan fingerprint density at radius 1 is 0.327 bits per heavy atom. The minimum Gasteiger partial charge on any atom is -0.508 e. The Bertz CT molecular complexity index is 2600. The van der Waals surface area contributed by atoms with Gasteiger partial charge in [-0.25, -0.2) is 0 Å². The van der Waals surface area contributed by atoms with Crippen molar-refractivity contribution in [3.8, 4) is 39.5 Å². The summed E-state index contributed by atoms with van der Waals surface area (Å²) in [6.45, 7) is 0. The molecule has 10 rings (SSSR count). The summed E-state index contributed by atoms with van der Waals surface area (Å²) in [5, 5.41) is 19.3. The highest BCUT2D eigenvalue weighted by Crippen LogP contribution is 2.57. The first-order chi connectivity index (χ1) is 24.2. The van der Waals surface area contributed by atoms with Gasteiger partial charge in [-0.15, -0.1) is 0 Å². The molecule has 2 nitrogen and oxygen atoms in total. The first-order valence-electron chi connectivity index (χ1n) is 16.8. The molecule has 0 aromatic heterocycles. The summed E-state index contributed by atoms with van der Waals surface area (Å²) in [6.07, 6.45) is 0. The Morgan fingerprint density at radius 2 is 0.633 bits per heavy atom. The van der Waals surface area contributed by atoms with Crippen LogP contribution in [0, 0.1) is 0 Å². The second-order valence-electron chi connectivity index (χ2n) is 12.9. The number of hydrogen-bond acceptors (Lipinski definition) is 2. The lowest BCUT2D eigenvalue weighted by Gasteiger charge is -2.33. The number of benzene rings is 9. The molecule has 0 saturated heterocycles. The third kappa shape index (κ3) is 4.28. The maximum absolute atomic E-state index is 9.71. The van der Waals surface area contributed by atoms with Crippen molar-refractivity contribution in [1.82, 2.24) is 0 Å². The molecule has 49 heavy (non-hydrogen) atoms. The lowest BCUT2D eigenvalue weighted by molar-refractivity contribution is 0.467. The van der Waals surface area contributed by atoms with Crippen molar-refractivity contribution in [2.24, 2.45) is 0 Å². The normalized spacial score (nSPS) is 12.7. The van der Waals surface area contributed by atoms with Crippen LogP contribution in [0.15, 0.2) is 170 Å². The number of phenols is 1. The number of aromatic hydroxyl groups is 1.